The molecule has 18 heavy (non-hydrogen) atoms. The second kappa shape index (κ2) is 9.80. The third-order valence-electron chi connectivity index (χ3n) is 4.12. The first-order valence-electron chi connectivity index (χ1n) is 7.80. The van der Waals surface area contributed by atoms with Gasteiger partial charge in [-0.2, -0.15) is 0 Å². The minimum atomic E-state index is -0.0746. The molecule has 0 aromatic carbocycles. The van der Waals surface area contributed by atoms with Crippen LogP contribution in [0.2, 0.25) is 0 Å². The van der Waals surface area contributed by atoms with E-state index in [1.54, 1.807) is 0 Å². The summed E-state index contributed by atoms with van der Waals surface area (Å²) in [6, 6.07) is 0.462. The Kier molecular flexibility index (Phi) is 9.76. The number of nitrogens with one attached hydrogen (secondary N) is 1. The monoisotopic (exact) mass is 257 g/mol. The average Bonchev–Trinajstić information content (AvgIpc) is 2.37. The molecule has 0 amide bonds. The van der Waals surface area contributed by atoms with E-state index in [0.29, 0.717) is 6.04 Å². The van der Waals surface area contributed by atoms with Crippen molar-refractivity contribution in [1.82, 2.24) is 5.32 Å². The Labute approximate surface area is 115 Å². The lowest BCUT2D eigenvalue weighted by Gasteiger charge is -2.36. The van der Waals surface area contributed by atoms with Gasteiger partial charge in [-0.15, -0.1) is 0 Å². The second-order valence-corrected chi connectivity index (χ2v) is 5.97. The smallest absolute Gasteiger partial charge is 0.0775 e. The molecule has 0 aliphatic heterocycles. The summed E-state index contributed by atoms with van der Waals surface area (Å²) in [6.45, 7) is 12.3. The van der Waals surface area contributed by atoms with Gasteiger partial charge >= 0.3 is 0 Å². The first-order chi connectivity index (χ1) is 8.51. The molecule has 1 N–H and O–H groups in total. The van der Waals surface area contributed by atoms with Crippen molar-refractivity contribution in [3.8, 4) is 0 Å². The number of unbranched alkanes of at least 4 members (excludes halogenated alkanes) is 1. The third-order valence-corrected chi connectivity index (χ3v) is 4.12. The van der Waals surface area contributed by atoms with E-state index in [4.69, 9.17) is 4.74 Å². The normalized spacial score (nSPS) is 15.7. The maximum Gasteiger partial charge on any atom is 0.0775 e. The minimum Gasteiger partial charge on any atom is -0.377 e. The van der Waals surface area contributed by atoms with E-state index < -0.39 is 0 Å². The van der Waals surface area contributed by atoms with Crippen LogP contribution in [-0.4, -0.2) is 25.3 Å². The Hall–Kier alpha value is -0.0800. The molecular weight excluding hydrogens is 222 g/mol. The van der Waals surface area contributed by atoms with Crippen LogP contribution in [0.3, 0.4) is 0 Å². The van der Waals surface area contributed by atoms with Crippen LogP contribution in [0.15, 0.2) is 0 Å². The fourth-order valence-electron chi connectivity index (χ4n) is 2.39. The zero-order valence-corrected chi connectivity index (χ0v) is 13.5. The Morgan fingerprint density at radius 3 is 2.22 bits per heavy atom. The lowest BCUT2D eigenvalue weighted by atomic mass is 9.85. The zero-order valence-electron chi connectivity index (χ0n) is 13.5. The van der Waals surface area contributed by atoms with Crippen LogP contribution in [0.25, 0.3) is 0 Å². The summed E-state index contributed by atoms with van der Waals surface area (Å²) in [6.07, 6.45) is 7.71. The van der Waals surface area contributed by atoms with Crippen molar-refractivity contribution in [2.24, 2.45) is 5.92 Å². The summed E-state index contributed by atoms with van der Waals surface area (Å²) >= 11 is 0. The Bertz CT molecular complexity index is 192. The Morgan fingerprint density at radius 2 is 1.78 bits per heavy atom. The lowest BCUT2D eigenvalue weighted by molar-refractivity contribution is -0.0174. The van der Waals surface area contributed by atoms with E-state index in [0.717, 1.165) is 12.5 Å². The molecule has 0 aliphatic rings. The summed E-state index contributed by atoms with van der Waals surface area (Å²) in [5, 5.41) is 3.68. The van der Waals surface area contributed by atoms with Gasteiger partial charge in [0.25, 0.3) is 0 Å². The van der Waals surface area contributed by atoms with Gasteiger partial charge in [-0.1, -0.05) is 46.5 Å². The molecule has 2 heteroatoms. The lowest BCUT2D eigenvalue weighted by Crippen LogP contribution is -2.49. The zero-order chi connectivity index (χ0) is 14.0. The van der Waals surface area contributed by atoms with Crippen molar-refractivity contribution in [1.29, 1.82) is 0 Å². The van der Waals surface area contributed by atoms with Crippen LogP contribution in [0, 0.1) is 5.92 Å². The van der Waals surface area contributed by atoms with Gasteiger partial charge in [0.1, 0.15) is 0 Å². The van der Waals surface area contributed by atoms with Crippen LogP contribution < -0.4 is 5.32 Å². The molecule has 2 nitrogen and oxygen atoms in total. The third kappa shape index (κ3) is 6.75. The maximum atomic E-state index is 5.68. The largest absolute Gasteiger partial charge is 0.377 e. The first kappa shape index (κ1) is 17.9. The fourth-order valence-corrected chi connectivity index (χ4v) is 2.39. The van der Waals surface area contributed by atoms with Gasteiger partial charge in [-0.25, -0.2) is 0 Å². The van der Waals surface area contributed by atoms with Crippen LogP contribution in [0.1, 0.15) is 73.1 Å². The SMILES string of the molecule is CCCCC(CC)CC(NCCC)C(C)(C)OC. The van der Waals surface area contributed by atoms with Gasteiger partial charge in [-0.05, 0) is 39.2 Å². The summed E-state index contributed by atoms with van der Waals surface area (Å²) in [5.74, 6) is 0.828. The van der Waals surface area contributed by atoms with E-state index in [1.165, 1.54) is 38.5 Å². The second-order valence-electron chi connectivity index (χ2n) is 5.97. The van der Waals surface area contributed by atoms with Gasteiger partial charge in [-0.3, -0.25) is 0 Å². The van der Waals surface area contributed by atoms with Gasteiger partial charge in [0.15, 0.2) is 0 Å². The molecule has 2 unspecified atom stereocenters. The molecule has 0 saturated heterocycles. The molecule has 110 valence electrons. The van der Waals surface area contributed by atoms with Crippen molar-refractivity contribution in [3.05, 3.63) is 0 Å². The molecule has 0 rings (SSSR count). The highest BCUT2D eigenvalue weighted by Gasteiger charge is 2.30. The highest BCUT2D eigenvalue weighted by molar-refractivity contribution is 4.87. The van der Waals surface area contributed by atoms with Crippen molar-refractivity contribution >= 4 is 0 Å². The molecule has 0 radical (unpaired) electrons. The number of methoxy groups -OCH3 is 1. The van der Waals surface area contributed by atoms with Gasteiger partial charge in [0.2, 0.25) is 0 Å². The highest BCUT2D eigenvalue weighted by Crippen LogP contribution is 2.25. The molecule has 0 bridgehead atoms. The number of rotatable bonds is 11. The maximum absolute atomic E-state index is 5.68. The molecular formula is C16H35NO. The molecule has 0 spiro atoms. The van der Waals surface area contributed by atoms with E-state index in [-0.39, 0.29) is 5.60 Å². The van der Waals surface area contributed by atoms with E-state index in [1.807, 2.05) is 7.11 Å². The molecule has 0 fully saturated rings. The predicted octanol–water partition coefficient (Wildman–Crippen LogP) is 4.39. The highest BCUT2D eigenvalue weighted by atomic mass is 16.5. The molecule has 0 aromatic heterocycles. The fraction of sp³-hybridized carbons (Fsp3) is 1.00. The topological polar surface area (TPSA) is 21.3 Å². The quantitative estimate of drug-likeness (QED) is 0.593. The number of hydrogen-bond donors (Lipinski definition) is 1. The van der Waals surface area contributed by atoms with E-state index in [9.17, 15) is 0 Å². The van der Waals surface area contributed by atoms with Crippen molar-refractivity contribution < 1.29 is 4.74 Å². The molecule has 0 heterocycles. The Balaban J connectivity index is 4.44. The standard InChI is InChI=1S/C16H35NO/c1-7-10-11-14(9-3)13-15(17-12-8-2)16(4,5)18-6/h14-15,17H,7-13H2,1-6H3. The number of hydrogen-bond acceptors (Lipinski definition) is 2. The van der Waals surface area contributed by atoms with Gasteiger partial charge in [0, 0.05) is 13.2 Å². The summed E-state index contributed by atoms with van der Waals surface area (Å²) in [5.41, 5.74) is -0.0746. The molecule has 0 aromatic rings. The molecule has 2 atom stereocenters. The van der Waals surface area contributed by atoms with Gasteiger partial charge < -0.3 is 10.1 Å². The number of ether oxygens (including phenoxy) is 1. The van der Waals surface area contributed by atoms with Crippen molar-refractivity contribution in [3.63, 3.8) is 0 Å². The summed E-state index contributed by atoms with van der Waals surface area (Å²) < 4.78 is 5.68. The summed E-state index contributed by atoms with van der Waals surface area (Å²) in [7, 11) is 1.83. The van der Waals surface area contributed by atoms with Crippen LogP contribution in [-0.2, 0) is 4.74 Å². The van der Waals surface area contributed by atoms with E-state index in [2.05, 4.69) is 39.9 Å². The minimum absolute atomic E-state index is 0.0746. The van der Waals surface area contributed by atoms with Gasteiger partial charge in [0.05, 0.1) is 5.60 Å². The predicted molar refractivity (Wildman–Crippen MR) is 81.1 cm³/mol. The van der Waals surface area contributed by atoms with Crippen molar-refractivity contribution in [2.45, 2.75) is 84.8 Å². The first-order valence-corrected chi connectivity index (χ1v) is 7.80. The molecule has 0 aliphatic carbocycles. The Morgan fingerprint density at radius 1 is 1.11 bits per heavy atom. The van der Waals surface area contributed by atoms with Crippen LogP contribution >= 0.6 is 0 Å². The molecule has 0 saturated carbocycles. The van der Waals surface area contributed by atoms with E-state index >= 15 is 0 Å². The average molecular weight is 257 g/mol. The summed E-state index contributed by atoms with van der Waals surface area (Å²) in [4.78, 5) is 0. The van der Waals surface area contributed by atoms with Crippen molar-refractivity contribution in [2.75, 3.05) is 13.7 Å². The van der Waals surface area contributed by atoms with Crippen LogP contribution in [0.5, 0.6) is 0 Å². The van der Waals surface area contributed by atoms with Crippen LogP contribution in [0.4, 0.5) is 0 Å².